The Morgan fingerprint density at radius 3 is 2.78 bits per heavy atom. The number of para-hydroxylation sites is 1. The number of hydrogen-bond donors (Lipinski definition) is 1. The second-order valence-corrected chi connectivity index (χ2v) is 5.42. The van der Waals surface area contributed by atoms with Crippen molar-refractivity contribution in [2.24, 2.45) is 0 Å². The average Bonchev–Trinajstić information content (AvgIpc) is 3.23. The molecule has 1 aliphatic heterocycles. The summed E-state index contributed by atoms with van der Waals surface area (Å²) in [7, 11) is 0. The maximum absolute atomic E-state index is 12.2. The van der Waals surface area contributed by atoms with Crippen LogP contribution >= 0.6 is 0 Å². The zero-order chi connectivity index (χ0) is 16.2. The number of carbonyl (C=O) groups excluding carboxylic acids is 1. The SMILES string of the molecule is O=C(O)C1CCCN1C(=O)/C=C/c1cnn(-c2ccccc2)c1. The van der Waals surface area contributed by atoms with Crippen LogP contribution in [-0.4, -0.2) is 44.3 Å². The van der Waals surface area contributed by atoms with E-state index in [2.05, 4.69) is 5.10 Å². The lowest BCUT2D eigenvalue weighted by atomic mass is 10.2. The van der Waals surface area contributed by atoms with Crippen molar-refractivity contribution in [2.45, 2.75) is 18.9 Å². The first kappa shape index (κ1) is 15.0. The summed E-state index contributed by atoms with van der Waals surface area (Å²) in [5.41, 5.74) is 1.72. The van der Waals surface area contributed by atoms with E-state index in [9.17, 15) is 9.59 Å². The van der Waals surface area contributed by atoms with Crippen LogP contribution in [0, 0.1) is 0 Å². The molecule has 2 heterocycles. The molecule has 1 saturated heterocycles. The molecule has 3 rings (SSSR count). The van der Waals surface area contributed by atoms with E-state index in [4.69, 9.17) is 5.11 Å². The molecule has 0 bridgehead atoms. The third-order valence-corrected chi connectivity index (χ3v) is 3.86. The number of carbonyl (C=O) groups is 2. The number of carboxylic acid groups (broad SMARTS) is 1. The summed E-state index contributed by atoms with van der Waals surface area (Å²) in [5, 5.41) is 13.4. The van der Waals surface area contributed by atoms with E-state index in [1.165, 1.54) is 11.0 Å². The van der Waals surface area contributed by atoms with E-state index >= 15 is 0 Å². The summed E-state index contributed by atoms with van der Waals surface area (Å²) in [6.07, 6.45) is 7.79. The normalized spacial score (nSPS) is 17.7. The van der Waals surface area contributed by atoms with E-state index < -0.39 is 12.0 Å². The Balaban J connectivity index is 1.70. The van der Waals surface area contributed by atoms with Crippen LogP contribution in [0.3, 0.4) is 0 Å². The summed E-state index contributed by atoms with van der Waals surface area (Å²) < 4.78 is 1.72. The van der Waals surface area contributed by atoms with Crippen molar-refractivity contribution in [1.82, 2.24) is 14.7 Å². The quantitative estimate of drug-likeness (QED) is 0.876. The van der Waals surface area contributed by atoms with Crippen molar-refractivity contribution >= 4 is 18.0 Å². The summed E-state index contributed by atoms with van der Waals surface area (Å²) >= 11 is 0. The molecule has 23 heavy (non-hydrogen) atoms. The fraction of sp³-hybridized carbons (Fsp3) is 0.235. The number of aromatic nitrogens is 2. The summed E-state index contributed by atoms with van der Waals surface area (Å²) in [6.45, 7) is 0.490. The lowest BCUT2D eigenvalue weighted by Gasteiger charge is -2.19. The van der Waals surface area contributed by atoms with Crippen LogP contribution in [-0.2, 0) is 9.59 Å². The van der Waals surface area contributed by atoms with Crippen LogP contribution in [0.4, 0.5) is 0 Å². The minimum absolute atomic E-state index is 0.276. The van der Waals surface area contributed by atoms with Gasteiger partial charge in [-0.15, -0.1) is 0 Å². The molecular formula is C17H17N3O3. The van der Waals surface area contributed by atoms with E-state index in [1.54, 1.807) is 17.0 Å². The van der Waals surface area contributed by atoms with Crippen molar-refractivity contribution in [2.75, 3.05) is 6.54 Å². The van der Waals surface area contributed by atoms with Gasteiger partial charge < -0.3 is 10.0 Å². The van der Waals surface area contributed by atoms with Gasteiger partial charge in [0, 0.05) is 24.4 Å². The number of rotatable bonds is 4. The molecule has 1 amide bonds. The topological polar surface area (TPSA) is 75.4 Å². The zero-order valence-corrected chi connectivity index (χ0v) is 12.5. The second-order valence-electron chi connectivity index (χ2n) is 5.42. The van der Waals surface area contributed by atoms with Crippen molar-refractivity contribution in [3.05, 3.63) is 54.4 Å². The molecule has 6 nitrogen and oxygen atoms in total. The van der Waals surface area contributed by atoms with Gasteiger partial charge in [0.15, 0.2) is 0 Å². The molecule has 1 aliphatic rings. The highest BCUT2D eigenvalue weighted by molar-refractivity contribution is 5.94. The van der Waals surface area contributed by atoms with Crippen LogP contribution in [0.1, 0.15) is 18.4 Å². The van der Waals surface area contributed by atoms with Crippen molar-refractivity contribution in [3.63, 3.8) is 0 Å². The fourth-order valence-electron chi connectivity index (χ4n) is 2.70. The Hall–Kier alpha value is -2.89. The number of likely N-dealkylation sites (tertiary alicyclic amines) is 1. The highest BCUT2D eigenvalue weighted by Crippen LogP contribution is 2.18. The van der Waals surface area contributed by atoms with Crippen LogP contribution in [0.25, 0.3) is 11.8 Å². The van der Waals surface area contributed by atoms with Crippen LogP contribution < -0.4 is 0 Å². The Kier molecular flexibility index (Phi) is 4.23. The number of amides is 1. The lowest BCUT2D eigenvalue weighted by Crippen LogP contribution is -2.39. The van der Waals surface area contributed by atoms with Crippen LogP contribution in [0.15, 0.2) is 48.8 Å². The van der Waals surface area contributed by atoms with E-state index in [1.807, 2.05) is 36.5 Å². The molecule has 1 aromatic heterocycles. The van der Waals surface area contributed by atoms with E-state index in [0.717, 1.165) is 17.7 Å². The van der Waals surface area contributed by atoms with Gasteiger partial charge in [0.25, 0.3) is 0 Å². The van der Waals surface area contributed by atoms with Gasteiger partial charge in [-0.2, -0.15) is 5.10 Å². The Labute approximate surface area is 133 Å². The lowest BCUT2D eigenvalue weighted by molar-refractivity contribution is -0.146. The van der Waals surface area contributed by atoms with Gasteiger partial charge in [0.2, 0.25) is 5.91 Å². The molecule has 0 aliphatic carbocycles. The number of benzene rings is 1. The number of nitrogens with zero attached hydrogens (tertiary/aromatic N) is 3. The molecule has 2 aromatic rings. The third kappa shape index (κ3) is 3.31. The Bertz CT molecular complexity index is 737. The van der Waals surface area contributed by atoms with Gasteiger partial charge >= 0.3 is 5.97 Å². The first-order chi connectivity index (χ1) is 11.1. The Morgan fingerprint density at radius 2 is 2.04 bits per heavy atom. The van der Waals surface area contributed by atoms with E-state index in [0.29, 0.717) is 13.0 Å². The molecule has 118 valence electrons. The molecule has 1 N–H and O–H groups in total. The standard InChI is InChI=1S/C17H17N3O3/c21-16(19-10-4-7-15(19)17(22)23)9-8-13-11-18-20(12-13)14-5-2-1-3-6-14/h1-3,5-6,8-9,11-12,15H,4,7,10H2,(H,22,23)/b9-8+. The first-order valence-electron chi connectivity index (χ1n) is 7.47. The largest absolute Gasteiger partial charge is 0.480 e. The maximum Gasteiger partial charge on any atom is 0.326 e. The number of hydrogen-bond acceptors (Lipinski definition) is 3. The summed E-state index contributed by atoms with van der Waals surface area (Å²) in [4.78, 5) is 24.7. The molecule has 0 saturated carbocycles. The van der Waals surface area contributed by atoms with Crippen LogP contribution in [0.2, 0.25) is 0 Å². The van der Waals surface area contributed by atoms with Gasteiger partial charge in [0.05, 0.1) is 11.9 Å². The highest BCUT2D eigenvalue weighted by Gasteiger charge is 2.32. The molecular weight excluding hydrogens is 294 g/mol. The van der Waals surface area contributed by atoms with Gasteiger partial charge in [0.1, 0.15) is 6.04 Å². The predicted molar refractivity (Wildman–Crippen MR) is 85.0 cm³/mol. The van der Waals surface area contributed by atoms with E-state index in [-0.39, 0.29) is 5.91 Å². The average molecular weight is 311 g/mol. The number of carboxylic acids is 1. The predicted octanol–water partition coefficient (Wildman–Crippen LogP) is 1.96. The van der Waals surface area contributed by atoms with Gasteiger partial charge in [-0.05, 0) is 31.1 Å². The monoisotopic (exact) mass is 311 g/mol. The highest BCUT2D eigenvalue weighted by atomic mass is 16.4. The van der Waals surface area contributed by atoms with Crippen molar-refractivity contribution < 1.29 is 14.7 Å². The molecule has 0 spiro atoms. The second kappa shape index (κ2) is 6.48. The Morgan fingerprint density at radius 1 is 1.26 bits per heavy atom. The van der Waals surface area contributed by atoms with Gasteiger partial charge in [-0.25, -0.2) is 9.48 Å². The van der Waals surface area contributed by atoms with Crippen molar-refractivity contribution in [3.8, 4) is 5.69 Å². The summed E-state index contributed by atoms with van der Waals surface area (Å²) in [5.74, 6) is -1.22. The molecule has 0 radical (unpaired) electrons. The molecule has 1 atom stereocenters. The number of aliphatic carboxylic acids is 1. The molecule has 1 aromatic carbocycles. The van der Waals surface area contributed by atoms with Gasteiger partial charge in [-0.1, -0.05) is 18.2 Å². The van der Waals surface area contributed by atoms with Gasteiger partial charge in [-0.3, -0.25) is 4.79 Å². The minimum Gasteiger partial charge on any atom is -0.480 e. The molecule has 1 unspecified atom stereocenters. The summed E-state index contributed by atoms with van der Waals surface area (Å²) in [6, 6.07) is 8.95. The molecule has 1 fully saturated rings. The third-order valence-electron chi connectivity index (χ3n) is 3.86. The smallest absolute Gasteiger partial charge is 0.326 e. The van der Waals surface area contributed by atoms with Crippen LogP contribution in [0.5, 0.6) is 0 Å². The minimum atomic E-state index is -0.943. The maximum atomic E-state index is 12.2. The zero-order valence-electron chi connectivity index (χ0n) is 12.5. The fourth-order valence-corrected chi connectivity index (χ4v) is 2.70. The first-order valence-corrected chi connectivity index (χ1v) is 7.47. The van der Waals surface area contributed by atoms with Crippen molar-refractivity contribution in [1.29, 1.82) is 0 Å². The molecule has 6 heteroatoms.